The molecule has 176 valence electrons. The quantitative estimate of drug-likeness (QED) is 0.358. The Hall–Kier alpha value is -4.05. The second-order valence-corrected chi connectivity index (χ2v) is 7.87. The van der Waals surface area contributed by atoms with Crippen LogP contribution in [0.25, 0.3) is 0 Å². The molecule has 0 aliphatic heterocycles. The summed E-state index contributed by atoms with van der Waals surface area (Å²) in [6.45, 7) is 6.21. The molecule has 34 heavy (non-hydrogen) atoms. The van der Waals surface area contributed by atoms with Crippen LogP contribution >= 0.6 is 0 Å². The van der Waals surface area contributed by atoms with Crippen molar-refractivity contribution in [3.63, 3.8) is 0 Å². The Kier molecular flexibility index (Phi) is 8.47. The van der Waals surface area contributed by atoms with E-state index in [1.54, 1.807) is 36.4 Å². The Morgan fingerprint density at radius 3 is 2.35 bits per heavy atom. The number of nitrogens with one attached hydrogen (secondary N) is 1. The van der Waals surface area contributed by atoms with Crippen molar-refractivity contribution in [1.82, 2.24) is 0 Å². The largest absolute Gasteiger partial charge is 0.494 e. The first-order chi connectivity index (χ1) is 16.4. The van der Waals surface area contributed by atoms with Gasteiger partial charge in [-0.3, -0.25) is 0 Å². The fraction of sp³-hybridized carbons (Fsp3) is 0.259. The number of hydrogen-bond donors (Lipinski definition) is 1. The molecule has 0 bridgehead atoms. The Bertz CT molecular complexity index is 1130. The van der Waals surface area contributed by atoms with Crippen molar-refractivity contribution in [2.45, 2.75) is 32.9 Å². The second kappa shape index (κ2) is 11.7. The molecule has 2 unspecified atom stereocenters. The third-order valence-corrected chi connectivity index (χ3v) is 4.99. The number of carbonyl (C=O) groups is 1. The highest BCUT2D eigenvalue weighted by Crippen LogP contribution is 2.29. The molecule has 0 radical (unpaired) electrons. The van der Waals surface area contributed by atoms with E-state index in [0.717, 1.165) is 5.75 Å². The summed E-state index contributed by atoms with van der Waals surface area (Å²) in [7, 11) is 0. The summed E-state index contributed by atoms with van der Waals surface area (Å²) in [5.41, 5.74) is 1.03. The van der Waals surface area contributed by atoms with Gasteiger partial charge in [0.05, 0.1) is 6.61 Å². The van der Waals surface area contributed by atoms with Crippen molar-refractivity contribution in [2.24, 2.45) is 5.92 Å². The van der Waals surface area contributed by atoms with E-state index in [9.17, 15) is 14.4 Å². The van der Waals surface area contributed by atoms with Crippen molar-refractivity contribution >= 4 is 11.7 Å². The Morgan fingerprint density at radius 1 is 1.03 bits per heavy atom. The van der Waals surface area contributed by atoms with Crippen LogP contribution in [-0.4, -0.2) is 18.6 Å². The van der Waals surface area contributed by atoms with Crippen molar-refractivity contribution in [1.29, 1.82) is 5.26 Å². The number of nitriles is 1. The highest BCUT2D eigenvalue weighted by atomic mass is 19.1. The lowest BCUT2D eigenvalue weighted by atomic mass is 10.0. The van der Waals surface area contributed by atoms with E-state index in [1.807, 2.05) is 45.0 Å². The molecule has 0 aliphatic carbocycles. The minimum Gasteiger partial charge on any atom is -0.494 e. The van der Waals surface area contributed by atoms with E-state index in [4.69, 9.17) is 14.2 Å². The van der Waals surface area contributed by atoms with Crippen molar-refractivity contribution in [2.75, 3.05) is 11.9 Å². The van der Waals surface area contributed by atoms with Crippen molar-refractivity contribution in [3.05, 3.63) is 84.2 Å². The summed E-state index contributed by atoms with van der Waals surface area (Å²) in [5.74, 6) is -0.191. The molecule has 6 nitrogen and oxygen atoms in total. The third kappa shape index (κ3) is 6.48. The van der Waals surface area contributed by atoms with Crippen LogP contribution in [0.5, 0.6) is 17.2 Å². The first kappa shape index (κ1) is 24.6. The summed E-state index contributed by atoms with van der Waals surface area (Å²) >= 11 is 0. The van der Waals surface area contributed by atoms with Gasteiger partial charge in [0, 0.05) is 11.3 Å². The van der Waals surface area contributed by atoms with Gasteiger partial charge in [0.2, 0.25) is 6.10 Å². The van der Waals surface area contributed by atoms with Gasteiger partial charge in [-0.15, -0.1) is 0 Å². The molecule has 0 aromatic heterocycles. The van der Waals surface area contributed by atoms with Gasteiger partial charge in [-0.2, -0.15) is 5.26 Å². The molecule has 0 heterocycles. The zero-order valence-corrected chi connectivity index (χ0v) is 19.3. The highest BCUT2D eigenvalue weighted by molar-refractivity contribution is 5.80. The Morgan fingerprint density at radius 2 is 1.74 bits per heavy atom. The lowest BCUT2D eigenvalue weighted by molar-refractivity contribution is -0.148. The fourth-order valence-electron chi connectivity index (χ4n) is 3.23. The van der Waals surface area contributed by atoms with Crippen molar-refractivity contribution in [3.8, 4) is 23.3 Å². The highest BCUT2D eigenvalue weighted by Gasteiger charge is 2.28. The molecule has 7 heteroatoms. The van der Waals surface area contributed by atoms with E-state index in [-0.39, 0.29) is 11.7 Å². The normalized spacial score (nSPS) is 12.4. The number of carbonyl (C=O) groups excluding carboxylic acids is 1. The molecule has 0 saturated carbocycles. The summed E-state index contributed by atoms with van der Waals surface area (Å²) in [4.78, 5) is 13.0. The SMILES string of the molecule is CCOc1ccc(NC(C(=O)OC(C#N)c2ccc(F)c(Oc3ccccc3)c2)C(C)C)cc1. The van der Waals surface area contributed by atoms with E-state index in [2.05, 4.69) is 5.32 Å². The van der Waals surface area contributed by atoms with Gasteiger partial charge in [0.15, 0.2) is 11.6 Å². The maximum absolute atomic E-state index is 14.3. The lowest BCUT2D eigenvalue weighted by Gasteiger charge is -2.23. The first-order valence-corrected chi connectivity index (χ1v) is 11.0. The summed E-state index contributed by atoms with van der Waals surface area (Å²) < 4.78 is 30.9. The summed E-state index contributed by atoms with van der Waals surface area (Å²) in [5, 5.41) is 12.8. The molecule has 0 amide bonds. The molecule has 0 spiro atoms. The number of nitrogens with zero attached hydrogens (tertiary/aromatic N) is 1. The van der Waals surface area contributed by atoms with E-state index in [1.165, 1.54) is 18.2 Å². The lowest BCUT2D eigenvalue weighted by Crippen LogP contribution is -2.36. The van der Waals surface area contributed by atoms with Gasteiger partial charge in [0.1, 0.15) is 23.6 Å². The van der Waals surface area contributed by atoms with Crippen molar-refractivity contribution < 1.29 is 23.4 Å². The van der Waals surface area contributed by atoms with Crippen LogP contribution in [0, 0.1) is 23.1 Å². The molecule has 0 aliphatic rings. The zero-order chi connectivity index (χ0) is 24.5. The smallest absolute Gasteiger partial charge is 0.330 e. The molecular formula is C27H27FN2O4. The Balaban J connectivity index is 1.74. The molecule has 3 rings (SSSR count). The van der Waals surface area contributed by atoms with Gasteiger partial charge in [-0.25, -0.2) is 9.18 Å². The monoisotopic (exact) mass is 462 g/mol. The third-order valence-electron chi connectivity index (χ3n) is 4.99. The van der Waals surface area contributed by atoms with Crippen LogP contribution in [0.3, 0.4) is 0 Å². The van der Waals surface area contributed by atoms with Crippen LogP contribution in [0.4, 0.5) is 10.1 Å². The molecule has 0 saturated heterocycles. The van der Waals surface area contributed by atoms with E-state index in [0.29, 0.717) is 23.6 Å². The molecule has 2 atom stereocenters. The number of rotatable bonds is 10. The van der Waals surface area contributed by atoms with Crippen LogP contribution in [0.2, 0.25) is 0 Å². The number of hydrogen-bond acceptors (Lipinski definition) is 6. The fourth-order valence-corrected chi connectivity index (χ4v) is 3.23. The first-order valence-electron chi connectivity index (χ1n) is 11.0. The number of halogens is 1. The molecule has 3 aromatic carbocycles. The van der Waals surface area contributed by atoms with Crippen LogP contribution in [0.15, 0.2) is 72.8 Å². The summed E-state index contributed by atoms with van der Waals surface area (Å²) in [6, 6.07) is 21.2. The number of benzene rings is 3. The van der Waals surface area contributed by atoms with Gasteiger partial charge < -0.3 is 19.5 Å². The minimum atomic E-state index is -1.23. The maximum atomic E-state index is 14.3. The van der Waals surface area contributed by atoms with Crippen LogP contribution in [-0.2, 0) is 9.53 Å². The second-order valence-electron chi connectivity index (χ2n) is 7.87. The van der Waals surface area contributed by atoms with Gasteiger partial charge in [0.25, 0.3) is 0 Å². The standard InChI is InChI=1S/C27H27FN2O4/c1-4-32-21-13-11-20(12-14-21)30-26(18(2)3)27(31)34-25(17-29)19-10-15-23(28)24(16-19)33-22-8-6-5-7-9-22/h5-16,18,25-26,30H,4H2,1-3H3. The average Bonchev–Trinajstić information content (AvgIpc) is 2.84. The number of esters is 1. The van der Waals surface area contributed by atoms with Gasteiger partial charge in [-0.05, 0) is 61.4 Å². The predicted octanol–water partition coefficient (Wildman–Crippen LogP) is 6.26. The number of para-hydroxylation sites is 1. The predicted molar refractivity (Wildman–Crippen MR) is 127 cm³/mol. The van der Waals surface area contributed by atoms with Crippen LogP contribution < -0.4 is 14.8 Å². The molecule has 3 aromatic rings. The summed E-state index contributed by atoms with van der Waals surface area (Å²) in [6.07, 6.45) is -1.23. The Labute approximate surface area is 198 Å². The minimum absolute atomic E-state index is 0.0621. The molecule has 0 fully saturated rings. The maximum Gasteiger partial charge on any atom is 0.330 e. The number of anilines is 1. The van der Waals surface area contributed by atoms with Gasteiger partial charge in [-0.1, -0.05) is 38.1 Å². The average molecular weight is 463 g/mol. The zero-order valence-electron chi connectivity index (χ0n) is 19.3. The molecular weight excluding hydrogens is 435 g/mol. The topological polar surface area (TPSA) is 80.6 Å². The number of ether oxygens (including phenoxy) is 3. The van der Waals surface area contributed by atoms with E-state index < -0.39 is 23.9 Å². The van der Waals surface area contributed by atoms with Crippen LogP contribution in [0.1, 0.15) is 32.4 Å². The van der Waals surface area contributed by atoms with Gasteiger partial charge >= 0.3 is 5.97 Å². The molecule has 1 N–H and O–H groups in total. The van der Waals surface area contributed by atoms with E-state index >= 15 is 0 Å².